The Balaban J connectivity index is 1.58. The molecule has 1 aromatic rings. The molecule has 1 aliphatic heterocycles. The summed E-state index contributed by atoms with van der Waals surface area (Å²) in [6.45, 7) is 2.44. The lowest BCUT2D eigenvalue weighted by molar-refractivity contribution is 0.531. The van der Waals surface area contributed by atoms with E-state index in [0.717, 1.165) is 5.25 Å². The van der Waals surface area contributed by atoms with Crippen molar-refractivity contribution in [2.24, 2.45) is 0 Å². The molecule has 0 saturated carbocycles. The van der Waals surface area contributed by atoms with Crippen LogP contribution in [-0.4, -0.2) is 24.1 Å². The van der Waals surface area contributed by atoms with Crippen LogP contribution in [0.2, 0.25) is 0 Å². The molecule has 0 spiro atoms. The fourth-order valence-electron chi connectivity index (χ4n) is 2.13. The number of piperidine rings is 1. The summed E-state index contributed by atoms with van der Waals surface area (Å²) >= 11 is 2.15. The van der Waals surface area contributed by atoms with Gasteiger partial charge in [0.25, 0.3) is 0 Å². The van der Waals surface area contributed by atoms with E-state index in [2.05, 4.69) is 47.4 Å². The van der Waals surface area contributed by atoms with Crippen LogP contribution in [0.5, 0.6) is 0 Å². The van der Waals surface area contributed by atoms with Crippen LogP contribution in [0.4, 0.5) is 0 Å². The zero-order valence-electron chi connectivity index (χ0n) is 9.82. The first-order valence-electron chi connectivity index (χ1n) is 6.31. The van der Waals surface area contributed by atoms with Gasteiger partial charge in [-0.1, -0.05) is 30.3 Å². The smallest absolute Gasteiger partial charge is 0.0172 e. The molecule has 1 fully saturated rings. The first kappa shape index (κ1) is 12.0. The lowest BCUT2D eigenvalue weighted by atomic mass is 10.1. The molecule has 2 rings (SSSR count). The number of aryl methyl sites for hydroxylation is 1. The summed E-state index contributed by atoms with van der Waals surface area (Å²) in [7, 11) is 0. The zero-order chi connectivity index (χ0) is 11.1. The van der Waals surface area contributed by atoms with Crippen LogP contribution in [-0.2, 0) is 6.42 Å². The number of hydrogen-bond donors (Lipinski definition) is 1. The minimum absolute atomic E-state index is 0.865. The Hall–Kier alpha value is -0.470. The van der Waals surface area contributed by atoms with Crippen molar-refractivity contribution < 1.29 is 0 Å². The van der Waals surface area contributed by atoms with Gasteiger partial charge in [-0.05, 0) is 43.5 Å². The predicted molar refractivity (Wildman–Crippen MR) is 73.1 cm³/mol. The van der Waals surface area contributed by atoms with Gasteiger partial charge in [0.2, 0.25) is 0 Å². The monoisotopic (exact) mass is 235 g/mol. The standard InChI is InChI=1S/C14H21NS/c1-2-6-13(7-3-1)8-5-11-16-14-9-4-10-15-12-14/h1-3,6-7,14-15H,4-5,8-12H2. The molecule has 1 N–H and O–H groups in total. The minimum Gasteiger partial charge on any atom is -0.316 e. The van der Waals surface area contributed by atoms with Crippen molar-refractivity contribution in [1.29, 1.82) is 0 Å². The second-order valence-electron chi connectivity index (χ2n) is 4.43. The van der Waals surface area contributed by atoms with Crippen molar-refractivity contribution in [2.75, 3.05) is 18.8 Å². The second kappa shape index (κ2) is 6.97. The molecule has 1 aromatic carbocycles. The first-order valence-corrected chi connectivity index (χ1v) is 7.36. The molecule has 2 heteroatoms. The Bertz CT molecular complexity index is 280. The lowest BCUT2D eigenvalue weighted by Crippen LogP contribution is -2.31. The molecule has 16 heavy (non-hydrogen) atoms. The van der Waals surface area contributed by atoms with Gasteiger partial charge in [0.1, 0.15) is 0 Å². The molecular weight excluding hydrogens is 214 g/mol. The van der Waals surface area contributed by atoms with Crippen molar-refractivity contribution >= 4 is 11.8 Å². The molecule has 1 saturated heterocycles. The summed E-state index contributed by atoms with van der Waals surface area (Å²) in [5.41, 5.74) is 1.48. The van der Waals surface area contributed by atoms with E-state index in [9.17, 15) is 0 Å². The van der Waals surface area contributed by atoms with Crippen LogP contribution < -0.4 is 5.32 Å². The van der Waals surface area contributed by atoms with Crippen LogP contribution in [0.15, 0.2) is 30.3 Å². The summed E-state index contributed by atoms with van der Waals surface area (Å²) in [5, 5.41) is 4.34. The summed E-state index contributed by atoms with van der Waals surface area (Å²) in [5.74, 6) is 1.31. The largest absolute Gasteiger partial charge is 0.316 e. The molecule has 1 unspecified atom stereocenters. The minimum atomic E-state index is 0.865. The third kappa shape index (κ3) is 4.18. The number of rotatable bonds is 5. The fourth-order valence-corrected chi connectivity index (χ4v) is 3.35. The Labute approximate surface area is 103 Å². The van der Waals surface area contributed by atoms with Gasteiger partial charge >= 0.3 is 0 Å². The van der Waals surface area contributed by atoms with E-state index in [1.807, 2.05) is 0 Å². The first-order chi connectivity index (χ1) is 7.95. The predicted octanol–water partition coefficient (Wildman–Crippen LogP) is 3.10. The van der Waals surface area contributed by atoms with Gasteiger partial charge in [-0.15, -0.1) is 0 Å². The van der Waals surface area contributed by atoms with Gasteiger partial charge in [-0.25, -0.2) is 0 Å². The van der Waals surface area contributed by atoms with E-state index in [-0.39, 0.29) is 0 Å². The van der Waals surface area contributed by atoms with E-state index in [0.29, 0.717) is 0 Å². The number of nitrogens with one attached hydrogen (secondary N) is 1. The van der Waals surface area contributed by atoms with Gasteiger partial charge in [0.15, 0.2) is 0 Å². The van der Waals surface area contributed by atoms with Crippen LogP contribution in [0.1, 0.15) is 24.8 Å². The fraction of sp³-hybridized carbons (Fsp3) is 0.571. The Kier molecular flexibility index (Phi) is 5.23. The highest BCUT2D eigenvalue weighted by Crippen LogP contribution is 2.19. The molecule has 1 nitrogen and oxygen atoms in total. The maximum atomic E-state index is 3.47. The highest BCUT2D eigenvalue weighted by Gasteiger charge is 2.12. The Morgan fingerprint density at radius 1 is 1.25 bits per heavy atom. The van der Waals surface area contributed by atoms with E-state index < -0.39 is 0 Å². The van der Waals surface area contributed by atoms with Crippen LogP contribution in [0, 0.1) is 0 Å². The molecule has 0 amide bonds. The molecule has 0 bridgehead atoms. The molecule has 1 atom stereocenters. The van der Waals surface area contributed by atoms with Crippen molar-refractivity contribution in [3.63, 3.8) is 0 Å². The van der Waals surface area contributed by atoms with Gasteiger partial charge < -0.3 is 5.32 Å². The molecule has 0 aromatic heterocycles. The summed E-state index contributed by atoms with van der Waals surface area (Å²) in [6, 6.07) is 10.8. The number of thioether (sulfide) groups is 1. The van der Waals surface area contributed by atoms with Crippen LogP contribution in [0.25, 0.3) is 0 Å². The normalized spacial score (nSPS) is 20.9. The average molecular weight is 235 g/mol. The lowest BCUT2D eigenvalue weighted by Gasteiger charge is -2.22. The maximum absolute atomic E-state index is 3.47. The average Bonchev–Trinajstić information content (AvgIpc) is 2.37. The summed E-state index contributed by atoms with van der Waals surface area (Å²) in [6.07, 6.45) is 5.30. The molecule has 1 heterocycles. The molecule has 0 aliphatic carbocycles. The van der Waals surface area contributed by atoms with Crippen LogP contribution >= 0.6 is 11.8 Å². The molecule has 1 aliphatic rings. The van der Waals surface area contributed by atoms with Gasteiger partial charge in [-0.3, -0.25) is 0 Å². The van der Waals surface area contributed by atoms with Crippen molar-refractivity contribution in [2.45, 2.75) is 30.9 Å². The van der Waals surface area contributed by atoms with Crippen molar-refractivity contribution in [1.82, 2.24) is 5.32 Å². The third-order valence-corrected chi connectivity index (χ3v) is 4.46. The molecular formula is C14H21NS. The number of hydrogen-bond acceptors (Lipinski definition) is 2. The number of benzene rings is 1. The highest BCUT2D eigenvalue weighted by molar-refractivity contribution is 7.99. The van der Waals surface area contributed by atoms with Crippen molar-refractivity contribution in [3.05, 3.63) is 35.9 Å². The van der Waals surface area contributed by atoms with Gasteiger partial charge in [0.05, 0.1) is 0 Å². The topological polar surface area (TPSA) is 12.0 Å². The van der Waals surface area contributed by atoms with Crippen molar-refractivity contribution in [3.8, 4) is 0 Å². The Morgan fingerprint density at radius 3 is 2.88 bits per heavy atom. The van der Waals surface area contributed by atoms with E-state index >= 15 is 0 Å². The quantitative estimate of drug-likeness (QED) is 0.787. The molecule has 88 valence electrons. The van der Waals surface area contributed by atoms with Gasteiger partial charge in [-0.2, -0.15) is 11.8 Å². The summed E-state index contributed by atoms with van der Waals surface area (Å²) in [4.78, 5) is 0. The highest BCUT2D eigenvalue weighted by atomic mass is 32.2. The third-order valence-electron chi connectivity index (χ3n) is 3.06. The summed E-state index contributed by atoms with van der Waals surface area (Å²) < 4.78 is 0. The van der Waals surface area contributed by atoms with Gasteiger partial charge in [0, 0.05) is 11.8 Å². The SMILES string of the molecule is c1ccc(CCCSC2CCCNC2)cc1. The molecule has 0 radical (unpaired) electrons. The van der Waals surface area contributed by atoms with E-state index in [1.54, 1.807) is 0 Å². The Morgan fingerprint density at radius 2 is 2.12 bits per heavy atom. The van der Waals surface area contributed by atoms with E-state index in [4.69, 9.17) is 0 Å². The second-order valence-corrected chi connectivity index (χ2v) is 5.84. The van der Waals surface area contributed by atoms with E-state index in [1.165, 1.54) is 50.1 Å². The zero-order valence-corrected chi connectivity index (χ0v) is 10.6. The maximum Gasteiger partial charge on any atom is 0.0172 e. The van der Waals surface area contributed by atoms with Crippen LogP contribution in [0.3, 0.4) is 0 Å².